The SMILES string of the molecule is CCCCCC1(O)CCN(C(=O)Nc2cc(F)cc(F)c2)CC1. The minimum Gasteiger partial charge on any atom is -0.390 e. The van der Waals surface area contributed by atoms with Gasteiger partial charge in [-0.1, -0.05) is 26.2 Å². The Morgan fingerprint density at radius 1 is 1.22 bits per heavy atom. The lowest BCUT2D eigenvalue weighted by molar-refractivity contribution is -0.0196. The number of hydrogen-bond acceptors (Lipinski definition) is 2. The Labute approximate surface area is 135 Å². The summed E-state index contributed by atoms with van der Waals surface area (Å²) < 4.78 is 26.3. The van der Waals surface area contributed by atoms with Crippen molar-refractivity contribution in [3.63, 3.8) is 0 Å². The summed E-state index contributed by atoms with van der Waals surface area (Å²) in [5, 5.41) is 13.0. The quantitative estimate of drug-likeness (QED) is 0.806. The predicted molar refractivity (Wildman–Crippen MR) is 85.3 cm³/mol. The highest BCUT2D eigenvalue weighted by molar-refractivity contribution is 5.89. The number of nitrogens with zero attached hydrogens (tertiary/aromatic N) is 1. The average Bonchev–Trinajstić information content (AvgIpc) is 2.47. The Hall–Kier alpha value is -1.69. The molecule has 0 atom stereocenters. The fourth-order valence-corrected chi connectivity index (χ4v) is 2.91. The van der Waals surface area contributed by atoms with Gasteiger partial charge in [0, 0.05) is 24.8 Å². The zero-order valence-electron chi connectivity index (χ0n) is 13.4. The van der Waals surface area contributed by atoms with Gasteiger partial charge >= 0.3 is 6.03 Å². The summed E-state index contributed by atoms with van der Waals surface area (Å²) in [6.07, 6.45) is 5.00. The first-order valence-electron chi connectivity index (χ1n) is 8.16. The largest absolute Gasteiger partial charge is 0.390 e. The highest BCUT2D eigenvalue weighted by Gasteiger charge is 2.33. The molecule has 0 aliphatic carbocycles. The summed E-state index contributed by atoms with van der Waals surface area (Å²) in [5.74, 6) is -1.46. The van der Waals surface area contributed by atoms with Crippen LogP contribution >= 0.6 is 0 Å². The molecule has 128 valence electrons. The van der Waals surface area contributed by atoms with Gasteiger partial charge in [0.05, 0.1) is 5.60 Å². The van der Waals surface area contributed by atoms with Gasteiger partial charge in [0.15, 0.2) is 0 Å². The topological polar surface area (TPSA) is 52.6 Å². The van der Waals surface area contributed by atoms with Crippen molar-refractivity contribution in [3.05, 3.63) is 29.8 Å². The van der Waals surface area contributed by atoms with E-state index >= 15 is 0 Å². The van der Waals surface area contributed by atoms with E-state index in [2.05, 4.69) is 12.2 Å². The highest BCUT2D eigenvalue weighted by Crippen LogP contribution is 2.28. The van der Waals surface area contributed by atoms with Crippen LogP contribution in [-0.2, 0) is 0 Å². The van der Waals surface area contributed by atoms with E-state index in [9.17, 15) is 18.7 Å². The Balaban J connectivity index is 1.85. The van der Waals surface area contributed by atoms with Crippen LogP contribution in [0, 0.1) is 11.6 Å². The monoisotopic (exact) mass is 326 g/mol. The maximum atomic E-state index is 13.1. The Morgan fingerprint density at radius 3 is 2.39 bits per heavy atom. The van der Waals surface area contributed by atoms with Crippen molar-refractivity contribution in [2.45, 2.75) is 51.0 Å². The molecule has 23 heavy (non-hydrogen) atoms. The summed E-state index contributed by atoms with van der Waals surface area (Å²) in [6, 6.07) is 2.51. The van der Waals surface area contributed by atoms with Crippen LogP contribution in [0.4, 0.5) is 19.3 Å². The second kappa shape index (κ2) is 7.73. The van der Waals surface area contributed by atoms with E-state index < -0.39 is 23.3 Å². The number of carbonyl (C=O) groups is 1. The van der Waals surface area contributed by atoms with Crippen molar-refractivity contribution in [2.75, 3.05) is 18.4 Å². The van der Waals surface area contributed by atoms with Gasteiger partial charge < -0.3 is 15.3 Å². The molecule has 0 bridgehead atoms. The van der Waals surface area contributed by atoms with Gasteiger partial charge in [-0.05, 0) is 31.4 Å². The maximum absolute atomic E-state index is 13.1. The van der Waals surface area contributed by atoms with Crippen LogP contribution in [0.3, 0.4) is 0 Å². The van der Waals surface area contributed by atoms with Crippen molar-refractivity contribution in [1.82, 2.24) is 4.90 Å². The van der Waals surface area contributed by atoms with E-state index in [0.29, 0.717) is 25.9 Å². The molecule has 1 aliphatic heterocycles. The molecule has 0 aromatic heterocycles. The zero-order chi connectivity index (χ0) is 16.9. The van der Waals surface area contributed by atoms with E-state index in [-0.39, 0.29) is 5.69 Å². The van der Waals surface area contributed by atoms with Crippen LogP contribution in [-0.4, -0.2) is 34.7 Å². The first kappa shape index (κ1) is 17.7. The van der Waals surface area contributed by atoms with Gasteiger partial charge in [-0.3, -0.25) is 0 Å². The number of piperidine rings is 1. The first-order chi connectivity index (χ1) is 10.9. The van der Waals surface area contributed by atoms with Crippen molar-refractivity contribution in [3.8, 4) is 0 Å². The molecule has 2 N–H and O–H groups in total. The summed E-state index contributed by atoms with van der Waals surface area (Å²) in [5.41, 5.74) is -0.604. The van der Waals surface area contributed by atoms with Crippen molar-refractivity contribution < 1.29 is 18.7 Å². The van der Waals surface area contributed by atoms with Crippen molar-refractivity contribution in [1.29, 1.82) is 0 Å². The molecule has 0 radical (unpaired) electrons. The van der Waals surface area contributed by atoms with Crippen molar-refractivity contribution in [2.24, 2.45) is 0 Å². The van der Waals surface area contributed by atoms with Crippen molar-refractivity contribution >= 4 is 11.7 Å². The lowest BCUT2D eigenvalue weighted by atomic mass is 9.86. The second-order valence-electron chi connectivity index (χ2n) is 6.26. The average molecular weight is 326 g/mol. The number of likely N-dealkylation sites (tertiary alicyclic amines) is 1. The molecule has 1 heterocycles. The van der Waals surface area contributed by atoms with Gasteiger partial charge in [0.2, 0.25) is 0 Å². The number of urea groups is 1. The Kier molecular flexibility index (Phi) is 5.93. The molecule has 0 saturated carbocycles. The number of amides is 2. The minimum absolute atomic E-state index is 0.0938. The van der Waals surface area contributed by atoms with Crippen LogP contribution in [0.2, 0.25) is 0 Å². The molecular weight excluding hydrogens is 302 g/mol. The van der Waals surface area contributed by atoms with Gasteiger partial charge in [-0.25, -0.2) is 13.6 Å². The van der Waals surface area contributed by atoms with Crippen LogP contribution in [0.5, 0.6) is 0 Å². The third kappa shape index (κ3) is 5.16. The first-order valence-corrected chi connectivity index (χ1v) is 8.16. The van der Waals surface area contributed by atoms with Crippen LogP contribution in [0.15, 0.2) is 18.2 Å². The third-order valence-corrected chi connectivity index (χ3v) is 4.34. The number of nitrogens with one attached hydrogen (secondary N) is 1. The van der Waals surface area contributed by atoms with Gasteiger partial charge in [-0.2, -0.15) is 0 Å². The molecule has 2 rings (SSSR count). The molecule has 1 saturated heterocycles. The lowest BCUT2D eigenvalue weighted by Crippen LogP contribution is -2.48. The third-order valence-electron chi connectivity index (χ3n) is 4.34. The molecule has 1 aromatic carbocycles. The van der Waals surface area contributed by atoms with E-state index in [4.69, 9.17) is 0 Å². The maximum Gasteiger partial charge on any atom is 0.321 e. The second-order valence-corrected chi connectivity index (χ2v) is 6.26. The molecular formula is C17H24F2N2O2. The Morgan fingerprint density at radius 2 is 1.83 bits per heavy atom. The van der Waals surface area contributed by atoms with Crippen LogP contribution < -0.4 is 5.32 Å². The standard InChI is InChI=1S/C17H24F2N2O2/c1-2-3-4-5-17(23)6-8-21(9-7-17)16(22)20-15-11-13(18)10-14(19)12-15/h10-12,23H,2-9H2,1H3,(H,20,22). The molecule has 1 fully saturated rings. The zero-order valence-corrected chi connectivity index (χ0v) is 13.4. The summed E-state index contributed by atoms with van der Waals surface area (Å²) in [4.78, 5) is 13.7. The van der Waals surface area contributed by atoms with E-state index in [1.54, 1.807) is 4.90 Å². The number of aliphatic hydroxyl groups is 1. The van der Waals surface area contributed by atoms with Crippen LogP contribution in [0.25, 0.3) is 0 Å². The number of benzene rings is 1. The predicted octanol–water partition coefficient (Wildman–Crippen LogP) is 3.90. The number of anilines is 1. The Bertz CT molecular complexity index is 523. The molecule has 4 nitrogen and oxygen atoms in total. The highest BCUT2D eigenvalue weighted by atomic mass is 19.1. The number of rotatable bonds is 5. The van der Waals surface area contributed by atoms with Gasteiger partial charge in [-0.15, -0.1) is 0 Å². The number of unbranched alkanes of at least 4 members (excludes halogenated alkanes) is 2. The molecule has 2 amide bonds. The van der Waals surface area contributed by atoms with E-state index in [1.165, 1.54) is 0 Å². The number of hydrogen-bond donors (Lipinski definition) is 2. The van der Waals surface area contributed by atoms with E-state index in [0.717, 1.165) is 43.9 Å². The smallest absolute Gasteiger partial charge is 0.321 e. The molecule has 0 unspecified atom stereocenters. The fraction of sp³-hybridized carbons (Fsp3) is 0.588. The minimum atomic E-state index is -0.732. The van der Waals surface area contributed by atoms with Gasteiger partial charge in [0.25, 0.3) is 0 Å². The fourth-order valence-electron chi connectivity index (χ4n) is 2.91. The number of halogens is 2. The van der Waals surface area contributed by atoms with E-state index in [1.807, 2.05) is 0 Å². The van der Waals surface area contributed by atoms with Gasteiger partial charge in [0.1, 0.15) is 11.6 Å². The molecule has 1 aliphatic rings. The van der Waals surface area contributed by atoms with Crippen LogP contribution in [0.1, 0.15) is 45.4 Å². The normalized spacial score (nSPS) is 17.1. The summed E-state index contributed by atoms with van der Waals surface area (Å²) in [6.45, 7) is 2.99. The molecule has 6 heteroatoms. The summed E-state index contributed by atoms with van der Waals surface area (Å²) in [7, 11) is 0. The lowest BCUT2D eigenvalue weighted by Gasteiger charge is -2.38. The summed E-state index contributed by atoms with van der Waals surface area (Å²) >= 11 is 0. The molecule has 0 spiro atoms. The number of carbonyl (C=O) groups excluding carboxylic acids is 1. The molecule has 1 aromatic rings.